The van der Waals surface area contributed by atoms with Gasteiger partial charge in [-0.1, -0.05) is 17.4 Å². The van der Waals surface area contributed by atoms with Crippen molar-refractivity contribution < 1.29 is 22.7 Å². The van der Waals surface area contributed by atoms with Gasteiger partial charge in [-0.25, -0.2) is 23.1 Å². The number of rotatable bonds is 10. The van der Waals surface area contributed by atoms with Gasteiger partial charge in [-0.2, -0.15) is 0 Å². The van der Waals surface area contributed by atoms with E-state index in [0.717, 1.165) is 17.7 Å². The molecule has 3 aromatic rings. The lowest BCUT2D eigenvalue weighted by atomic mass is 10.0. The molecule has 2 aromatic heterocycles. The molecule has 2 amide bonds. The number of anilines is 3. The SMILES string of the molecule is CNS(=O)(=O)c1cc(-c2sc(Nc3cccc(N(C)C(=O)COC)n3)nc2C)cc2c1C(=O)N(C(C)C1CC1)C2. The first-order valence-electron chi connectivity index (χ1n) is 12.9. The molecule has 1 aliphatic heterocycles. The number of benzene rings is 1. The number of aromatic nitrogens is 2. The second-order valence-electron chi connectivity index (χ2n) is 10.1. The van der Waals surface area contributed by atoms with Gasteiger partial charge < -0.3 is 15.0 Å². The number of nitrogens with one attached hydrogen (secondary N) is 2. The van der Waals surface area contributed by atoms with Crippen molar-refractivity contribution in [2.45, 2.75) is 44.2 Å². The maximum Gasteiger partial charge on any atom is 0.256 e. The Kier molecular flexibility index (Phi) is 7.66. The van der Waals surface area contributed by atoms with Crippen molar-refractivity contribution in [2.75, 3.05) is 38.0 Å². The van der Waals surface area contributed by atoms with Crippen LogP contribution in [0.1, 0.15) is 41.4 Å². The Morgan fingerprint density at radius 1 is 1.27 bits per heavy atom. The number of methoxy groups -OCH3 is 1. The summed E-state index contributed by atoms with van der Waals surface area (Å²) in [4.78, 5) is 38.7. The van der Waals surface area contributed by atoms with Crippen molar-refractivity contribution in [1.29, 1.82) is 0 Å². The summed E-state index contributed by atoms with van der Waals surface area (Å²) in [5, 5.41) is 3.75. The number of thiazole rings is 1. The number of aryl methyl sites for hydroxylation is 1. The van der Waals surface area contributed by atoms with Gasteiger partial charge in [0.15, 0.2) is 5.13 Å². The van der Waals surface area contributed by atoms with Crippen LogP contribution in [0.5, 0.6) is 0 Å². The summed E-state index contributed by atoms with van der Waals surface area (Å²) in [6.45, 7) is 4.21. The summed E-state index contributed by atoms with van der Waals surface area (Å²) >= 11 is 1.35. The molecule has 3 heterocycles. The minimum atomic E-state index is -3.90. The van der Waals surface area contributed by atoms with E-state index < -0.39 is 10.0 Å². The molecular formula is C27H32N6O5S2. The van der Waals surface area contributed by atoms with Crippen LogP contribution in [0, 0.1) is 12.8 Å². The van der Waals surface area contributed by atoms with E-state index in [9.17, 15) is 18.0 Å². The molecule has 1 atom stereocenters. The van der Waals surface area contributed by atoms with Gasteiger partial charge in [0, 0.05) is 26.7 Å². The summed E-state index contributed by atoms with van der Waals surface area (Å²) in [6.07, 6.45) is 2.17. The van der Waals surface area contributed by atoms with Crippen LogP contribution in [0.2, 0.25) is 0 Å². The van der Waals surface area contributed by atoms with E-state index in [1.54, 1.807) is 36.2 Å². The van der Waals surface area contributed by atoms with E-state index in [1.807, 2.05) is 19.9 Å². The third-order valence-electron chi connectivity index (χ3n) is 7.37. The number of nitrogens with zero attached hydrogens (tertiary/aromatic N) is 4. The van der Waals surface area contributed by atoms with Crippen molar-refractivity contribution in [3.63, 3.8) is 0 Å². The van der Waals surface area contributed by atoms with Crippen LogP contribution in [-0.2, 0) is 26.1 Å². The second-order valence-corrected chi connectivity index (χ2v) is 12.9. The average molecular weight is 585 g/mol. The Labute approximate surface area is 237 Å². The molecule has 1 saturated carbocycles. The number of ether oxygens (including phenoxy) is 1. The van der Waals surface area contributed by atoms with Gasteiger partial charge in [0.1, 0.15) is 18.2 Å². The Bertz CT molecular complexity index is 1580. The van der Waals surface area contributed by atoms with Gasteiger partial charge in [-0.05, 0) is 75.0 Å². The van der Waals surface area contributed by atoms with Gasteiger partial charge in [0.05, 0.1) is 21.0 Å². The Hall–Kier alpha value is -3.39. The van der Waals surface area contributed by atoms with Crippen molar-refractivity contribution in [3.8, 4) is 10.4 Å². The number of carbonyl (C=O) groups excluding carboxylic acids is 2. The van der Waals surface area contributed by atoms with Crippen LogP contribution >= 0.6 is 11.3 Å². The van der Waals surface area contributed by atoms with Crippen molar-refractivity contribution >= 4 is 49.9 Å². The number of sulfonamides is 1. The maximum absolute atomic E-state index is 13.4. The Morgan fingerprint density at radius 3 is 2.70 bits per heavy atom. The number of fused-ring (bicyclic) bond motifs is 1. The van der Waals surface area contributed by atoms with Crippen LogP contribution < -0.4 is 14.9 Å². The van der Waals surface area contributed by atoms with E-state index in [2.05, 4.69) is 20.0 Å². The highest BCUT2D eigenvalue weighted by atomic mass is 32.2. The standard InChI is InChI=1S/C27H32N6O5S2/c1-15-25(39-27(29-15)31-21-7-6-8-22(30-21)32(4)23(34)14-38-5)18-11-19-13-33(16(2)17-9-10-17)26(35)24(19)20(12-18)40(36,37)28-3/h6-8,11-12,16-17,28H,9-10,13-14H2,1-5H3,(H,29,30,31). The highest BCUT2D eigenvalue weighted by molar-refractivity contribution is 7.89. The minimum Gasteiger partial charge on any atom is -0.375 e. The Balaban J connectivity index is 1.47. The van der Waals surface area contributed by atoms with Gasteiger partial charge >= 0.3 is 0 Å². The first kappa shape index (κ1) is 28.1. The molecule has 0 bridgehead atoms. The second kappa shape index (κ2) is 10.9. The molecule has 212 valence electrons. The molecule has 0 saturated heterocycles. The minimum absolute atomic E-state index is 0.0153. The highest BCUT2D eigenvalue weighted by Gasteiger charge is 2.41. The first-order chi connectivity index (χ1) is 19.0. The number of hydrogen-bond donors (Lipinski definition) is 2. The van der Waals surface area contributed by atoms with Crippen LogP contribution in [0.4, 0.5) is 16.8 Å². The number of pyridine rings is 1. The largest absolute Gasteiger partial charge is 0.375 e. The van der Waals surface area contributed by atoms with Crippen LogP contribution in [-0.4, -0.2) is 69.0 Å². The van der Waals surface area contributed by atoms with E-state index >= 15 is 0 Å². The molecule has 1 fully saturated rings. The summed E-state index contributed by atoms with van der Waals surface area (Å²) in [5.74, 6) is 0.947. The number of likely N-dealkylation sites (N-methyl/N-ethyl adjacent to an activating group) is 1. The number of hydrogen-bond acceptors (Lipinski definition) is 9. The molecular weight excluding hydrogens is 552 g/mol. The molecule has 5 rings (SSSR count). The number of carbonyl (C=O) groups is 2. The third kappa shape index (κ3) is 5.33. The van der Waals surface area contributed by atoms with E-state index in [0.29, 0.717) is 46.1 Å². The van der Waals surface area contributed by atoms with Gasteiger partial charge in [-0.3, -0.25) is 14.5 Å². The quantitative estimate of drug-likeness (QED) is 0.370. The molecule has 1 unspecified atom stereocenters. The van der Waals surface area contributed by atoms with Crippen molar-refractivity contribution in [3.05, 3.63) is 47.2 Å². The fourth-order valence-electron chi connectivity index (χ4n) is 4.91. The molecule has 40 heavy (non-hydrogen) atoms. The normalized spacial score (nSPS) is 15.7. The zero-order valence-corrected chi connectivity index (χ0v) is 24.6. The summed E-state index contributed by atoms with van der Waals surface area (Å²) in [5.41, 5.74) is 2.33. The lowest BCUT2D eigenvalue weighted by Crippen LogP contribution is -2.35. The average Bonchev–Trinajstić information content (AvgIpc) is 3.65. The van der Waals surface area contributed by atoms with Crippen molar-refractivity contribution in [1.82, 2.24) is 19.6 Å². The first-order valence-corrected chi connectivity index (χ1v) is 15.2. The van der Waals surface area contributed by atoms with E-state index in [4.69, 9.17) is 4.74 Å². The fraction of sp³-hybridized carbons (Fsp3) is 0.407. The van der Waals surface area contributed by atoms with Gasteiger partial charge in [-0.15, -0.1) is 0 Å². The molecule has 0 spiro atoms. The molecule has 1 aromatic carbocycles. The highest BCUT2D eigenvalue weighted by Crippen LogP contribution is 2.42. The van der Waals surface area contributed by atoms with E-state index in [1.165, 1.54) is 30.4 Å². The van der Waals surface area contributed by atoms with E-state index in [-0.39, 0.29) is 34.9 Å². The summed E-state index contributed by atoms with van der Waals surface area (Å²) in [6, 6.07) is 8.79. The van der Waals surface area contributed by atoms with Crippen molar-refractivity contribution in [2.24, 2.45) is 5.92 Å². The lowest BCUT2D eigenvalue weighted by Gasteiger charge is -2.24. The summed E-state index contributed by atoms with van der Waals surface area (Å²) < 4.78 is 33.4. The number of amides is 2. The lowest BCUT2D eigenvalue weighted by molar-refractivity contribution is -0.121. The zero-order valence-electron chi connectivity index (χ0n) is 23.0. The van der Waals surface area contributed by atoms with Crippen LogP contribution in [0.15, 0.2) is 35.2 Å². The molecule has 0 radical (unpaired) electrons. The van der Waals surface area contributed by atoms with Gasteiger partial charge in [0.2, 0.25) is 10.0 Å². The predicted octanol–water partition coefficient (Wildman–Crippen LogP) is 3.53. The maximum atomic E-state index is 13.4. The molecule has 2 aliphatic rings. The third-order valence-corrected chi connectivity index (χ3v) is 9.93. The van der Waals surface area contributed by atoms with Crippen LogP contribution in [0.3, 0.4) is 0 Å². The van der Waals surface area contributed by atoms with Crippen LogP contribution in [0.25, 0.3) is 10.4 Å². The van der Waals surface area contributed by atoms with Gasteiger partial charge in [0.25, 0.3) is 11.8 Å². The topological polar surface area (TPSA) is 134 Å². The molecule has 2 N–H and O–H groups in total. The monoisotopic (exact) mass is 584 g/mol. The summed E-state index contributed by atoms with van der Waals surface area (Å²) in [7, 11) is 0.532. The fourth-order valence-corrected chi connectivity index (χ4v) is 6.86. The zero-order chi connectivity index (χ0) is 28.8. The molecule has 13 heteroatoms. The predicted molar refractivity (Wildman–Crippen MR) is 153 cm³/mol. The molecule has 1 aliphatic carbocycles. The Morgan fingerprint density at radius 2 is 2.02 bits per heavy atom. The molecule has 11 nitrogen and oxygen atoms in total. The smallest absolute Gasteiger partial charge is 0.256 e.